The number of carbonyl (C=O) groups is 2. The number of ether oxygens (including phenoxy) is 1. The fraction of sp³-hybridized carbons (Fsp3) is 0.250. The SMILES string of the molecule is COC(=O)c1ncoc1-c1cnc(C2=CCN(C(=O)Nc3ccc(C(C)(F)F)cc3)CC2)c(Cl)c1. The maximum atomic E-state index is 13.4. The summed E-state index contributed by atoms with van der Waals surface area (Å²) in [6.45, 7) is 1.55. The number of aromatic nitrogens is 2. The smallest absolute Gasteiger partial charge is 0.360 e. The molecule has 0 radical (unpaired) electrons. The average Bonchev–Trinajstić information content (AvgIpc) is 3.33. The zero-order valence-corrected chi connectivity index (χ0v) is 19.6. The number of pyridine rings is 1. The number of benzene rings is 1. The third kappa shape index (κ3) is 5.32. The third-order valence-electron chi connectivity index (χ3n) is 5.49. The Bertz CT molecular complexity index is 1290. The summed E-state index contributed by atoms with van der Waals surface area (Å²) in [6.07, 6.45) is 5.03. The van der Waals surface area contributed by atoms with Crippen LogP contribution in [0.25, 0.3) is 16.9 Å². The van der Waals surface area contributed by atoms with Gasteiger partial charge in [-0.25, -0.2) is 23.4 Å². The highest BCUT2D eigenvalue weighted by Gasteiger charge is 2.25. The lowest BCUT2D eigenvalue weighted by Gasteiger charge is -2.27. The first-order chi connectivity index (χ1) is 16.7. The van der Waals surface area contributed by atoms with Crippen molar-refractivity contribution in [3.8, 4) is 11.3 Å². The summed E-state index contributed by atoms with van der Waals surface area (Å²) in [5.41, 5.74) is 2.23. The minimum absolute atomic E-state index is 0.0229. The highest BCUT2D eigenvalue weighted by molar-refractivity contribution is 6.32. The number of nitrogens with one attached hydrogen (secondary N) is 1. The second kappa shape index (κ2) is 9.83. The van der Waals surface area contributed by atoms with Crippen LogP contribution in [0.5, 0.6) is 0 Å². The van der Waals surface area contributed by atoms with Crippen LogP contribution in [0.4, 0.5) is 19.3 Å². The maximum absolute atomic E-state index is 13.4. The van der Waals surface area contributed by atoms with Gasteiger partial charge >= 0.3 is 12.0 Å². The van der Waals surface area contributed by atoms with E-state index in [1.54, 1.807) is 11.0 Å². The summed E-state index contributed by atoms with van der Waals surface area (Å²) in [4.78, 5) is 34.3. The van der Waals surface area contributed by atoms with E-state index in [1.807, 2.05) is 6.08 Å². The molecule has 0 saturated carbocycles. The van der Waals surface area contributed by atoms with Crippen molar-refractivity contribution in [1.82, 2.24) is 14.9 Å². The quantitative estimate of drug-likeness (QED) is 0.455. The van der Waals surface area contributed by atoms with Gasteiger partial charge in [0.05, 0.1) is 17.8 Å². The fourth-order valence-corrected chi connectivity index (χ4v) is 3.90. The molecule has 0 unspecified atom stereocenters. The Morgan fingerprint density at radius 1 is 1.23 bits per heavy atom. The van der Waals surface area contributed by atoms with E-state index in [2.05, 4.69) is 15.3 Å². The van der Waals surface area contributed by atoms with Crippen LogP contribution in [0.1, 0.15) is 35.1 Å². The van der Waals surface area contributed by atoms with Gasteiger partial charge in [-0.3, -0.25) is 4.98 Å². The van der Waals surface area contributed by atoms with Crippen molar-refractivity contribution in [3.63, 3.8) is 0 Å². The Balaban J connectivity index is 1.43. The predicted molar refractivity (Wildman–Crippen MR) is 125 cm³/mol. The molecule has 0 fully saturated rings. The largest absolute Gasteiger partial charge is 0.464 e. The van der Waals surface area contributed by atoms with Gasteiger partial charge in [-0.05, 0) is 30.2 Å². The zero-order chi connectivity index (χ0) is 25.2. The molecule has 8 nitrogen and oxygen atoms in total. The summed E-state index contributed by atoms with van der Waals surface area (Å²) in [5, 5.41) is 3.07. The van der Waals surface area contributed by atoms with E-state index in [-0.39, 0.29) is 23.0 Å². The second-order valence-corrected chi connectivity index (χ2v) is 8.30. The molecule has 0 spiro atoms. The molecule has 3 aromatic rings. The van der Waals surface area contributed by atoms with Gasteiger partial charge < -0.3 is 19.4 Å². The minimum Gasteiger partial charge on any atom is -0.464 e. The number of nitrogens with zero attached hydrogens (tertiary/aromatic N) is 3. The van der Waals surface area contributed by atoms with Crippen LogP contribution < -0.4 is 5.32 Å². The number of rotatable bonds is 5. The van der Waals surface area contributed by atoms with E-state index in [0.717, 1.165) is 18.9 Å². The Kier molecular flexibility index (Phi) is 6.83. The van der Waals surface area contributed by atoms with E-state index >= 15 is 0 Å². The number of oxazole rings is 1. The molecule has 182 valence electrons. The van der Waals surface area contributed by atoms with E-state index in [0.29, 0.717) is 41.5 Å². The summed E-state index contributed by atoms with van der Waals surface area (Å²) >= 11 is 6.47. The molecule has 0 bridgehead atoms. The van der Waals surface area contributed by atoms with Crippen LogP contribution in [-0.2, 0) is 10.7 Å². The number of hydrogen-bond acceptors (Lipinski definition) is 6. The molecule has 0 aliphatic carbocycles. The van der Waals surface area contributed by atoms with Gasteiger partial charge in [0.25, 0.3) is 5.92 Å². The van der Waals surface area contributed by atoms with Crippen LogP contribution in [-0.4, -0.2) is 47.1 Å². The maximum Gasteiger partial charge on any atom is 0.360 e. The van der Waals surface area contributed by atoms with Gasteiger partial charge in [-0.1, -0.05) is 29.8 Å². The van der Waals surface area contributed by atoms with Crippen LogP contribution in [0, 0.1) is 0 Å². The lowest BCUT2D eigenvalue weighted by molar-refractivity contribution is 0.0175. The van der Waals surface area contributed by atoms with Crippen LogP contribution >= 0.6 is 11.6 Å². The van der Waals surface area contributed by atoms with Gasteiger partial charge in [0.1, 0.15) is 0 Å². The Hall–Kier alpha value is -3.79. The van der Waals surface area contributed by atoms with Gasteiger partial charge in [-0.2, -0.15) is 0 Å². The molecule has 11 heteroatoms. The van der Waals surface area contributed by atoms with Crippen LogP contribution in [0.15, 0.2) is 53.4 Å². The highest BCUT2D eigenvalue weighted by Crippen LogP contribution is 2.32. The van der Waals surface area contributed by atoms with Crippen LogP contribution in [0.3, 0.4) is 0 Å². The van der Waals surface area contributed by atoms with Crippen molar-refractivity contribution in [3.05, 3.63) is 71.0 Å². The number of carbonyl (C=O) groups excluding carboxylic acids is 2. The molecule has 1 aliphatic rings. The topological polar surface area (TPSA) is 97.6 Å². The third-order valence-corrected chi connectivity index (χ3v) is 5.78. The zero-order valence-electron chi connectivity index (χ0n) is 18.8. The Morgan fingerprint density at radius 3 is 2.57 bits per heavy atom. The molecule has 2 aromatic heterocycles. The predicted octanol–water partition coefficient (Wildman–Crippen LogP) is 5.61. The molecule has 35 heavy (non-hydrogen) atoms. The second-order valence-electron chi connectivity index (χ2n) is 7.90. The van der Waals surface area contributed by atoms with Crippen molar-refractivity contribution in [2.45, 2.75) is 19.3 Å². The number of methoxy groups -OCH3 is 1. The Labute approximate surface area is 204 Å². The molecular formula is C24H21ClF2N4O4. The van der Waals surface area contributed by atoms with E-state index in [1.165, 1.54) is 37.6 Å². The van der Waals surface area contributed by atoms with Gasteiger partial charge in [0.2, 0.25) is 0 Å². The summed E-state index contributed by atoms with van der Waals surface area (Å²) in [5.74, 6) is -3.38. The number of hydrogen-bond donors (Lipinski definition) is 1. The molecular weight excluding hydrogens is 482 g/mol. The van der Waals surface area contributed by atoms with Crippen molar-refractivity contribution in [1.29, 1.82) is 0 Å². The average molecular weight is 503 g/mol. The van der Waals surface area contributed by atoms with Crippen molar-refractivity contribution < 1.29 is 27.5 Å². The number of halogens is 3. The standard InChI is InChI=1S/C24H21ClF2N4O4/c1-24(26,27)16-3-5-17(6-4-16)30-23(33)31-9-7-14(8-10-31)19-18(25)11-15(12-28-19)21-20(22(32)34-2)29-13-35-21/h3-7,11-13H,8-10H2,1-2H3,(H,30,33). The molecule has 2 amide bonds. The highest BCUT2D eigenvalue weighted by atomic mass is 35.5. The monoisotopic (exact) mass is 502 g/mol. The van der Waals surface area contributed by atoms with Gasteiger partial charge in [0, 0.05) is 43.0 Å². The van der Waals surface area contributed by atoms with Gasteiger partial charge in [0.15, 0.2) is 17.8 Å². The summed E-state index contributed by atoms with van der Waals surface area (Å²) in [7, 11) is 1.25. The lowest BCUT2D eigenvalue weighted by atomic mass is 10.0. The molecule has 1 aromatic carbocycles. The first kappa shape index (κ1) is 24.3. The molecule has 3 heterocycles. The van der Waals surface area contributed by atoms with Crippen molar-refractivity contribution in [2.24, 2.45) is 0 Å². The number of anilines is 1. The first-order valence-electron chi connectivity index (χ1n) is 10.6. The minimum atomic E-state index is -2.94. The number of amides is 2. The normalized spacial score (nSPS) is 13.9. The van der Waals surface area contributed by atoms with Gasteiger partial charge in [-0.15, -0.1) is 0 Å². The number of esters is 1. The number of alkyl halides is 2. The van der Waals surface area contributed by atoms with Crippen LogP contribution in [0.2, 0.25) is 5.02 Å². The summed E-state index contributed by atoms with van der Waals surface area (Å²) in [6, 6.07) is 6.75. The van der Waals surface area contributed by atoms with Crippen molar-refractivity contribution >= 4 is 34.9 Å². The lowest BCUT2D eigenvalue weighted by Crippen LogP contribution is -2.38. The van der Waals surface area contributed by atoms with Crippen molar-refractivity contribution in [2.75, 3.05) is 25.5 Å². The fourth-order valence-electron chi connectivity index (χ4n) is 3.61. The van der Waals surface area contributed by atoms with E-state index in [4.69, 9.17) is 20.8 Å². The first-order valence-corrected chi connectivity index (χ1v) is 11.0. The molecule has 1 aliphatic heterocycles. The summed E-state index contributed by atoms with van der Waals surface area (Å²) < 4.78 is 36.7. The van der Waals surface area contributed by atoms with E-state index in [9.17, 15) is 18.4 Å². The molecule has 4 rings (SSSR count). The number of urea groups is 1. The Morgan fingerprint density at radius 2 is 1.97 bits per heavy atom. The molecule has 0 atom stereocenters. The van der Waals surface area contributed by atoms with E-state index < -0.39 is 11.9 Å². The molecule has 0 saturated heterocycles. The molecule has 1 N–H and O–H groups in total.